The zero-order valence-corrected chi connectivity index (χ0v) is 17.9. The van der Waals surface area contributed by atoms with Crippen LogP contribution in [0.4, 0.5) is 10.6 Å². The topological polar surface area (TPSA) is 98.6 Å². The highest BCUT2D eigenvalue weighted by molar-refractivity contribution is 9.10. The summed E-state index contributed by atoms with van der Waals surface area (Å²) < 4.78 is 12.8. The van der Waals surface area contributed by atoms with Gasteiger partial charge in [-0.1, -0.05) is 0 Å². The van der Waals surface area contributed by atoms with Crippen molar-refractivity contribution < 1.29 is 19.1 Å². The van der Waals surface area contributed by atoms with Crippen LogP contribution in [0, 0.1) is 0 Å². The molecule has 0 spiro atoms. The Morgan fingerprint density at radius 2 is 2.04 bits per heavy atom. The number of rotatable bonds is 5. The number of esters is 1. The zero-order chi connectivity index (χ0) is 20.5. The van der Waals surface area contributed by atoms with Gasteiger partial charge in [0.1, 0.15) is 29.9 Å². The van der Waals surface area contributed by atoms with E-state index in [1.165, 1.54) is 6.33 Å². The second-order valence-corrected chi connectivity index (χ2v) is 8.41. The lowest BCUT2D eigenvalue weighted by Crippen LogP contribution is -2.60. The highest BCUT2D eigenvalue weighted by Gasteiger charge is 2.32. The highest BCUT2D eigenvalue weighted by atomic mass is 79.9. The lowest BCUT2D eigenvalue weighted by Gasteiger charge is -2.40. The molecule has 0 radical (unpaired) electrons. The van der Waals surface area contributed by atoms with Gasteiger partial charge in [0.05, 0.1) is 18.0 Å². The van der Waals surface area contributed by atoms with Crippen LogP contribution in [0.5, 0.6) is 0 Å². The normalized spacial score (nSPS) is 14.7. The molecule has 1 N–H and O–H groups in total. The number of carbonyl (C=O) groups is 2. The van der Waals surface area contributed by atoms with E-state index in [9.17, 15) is 9.59 Å². The van der Waals surface area contributed by atoms with Crippen molar-refractivity contribution in [3.05, 3.63) is 17.0 Å². The smallest absolute Gasteiger partial charge is 0.407 e. The first-order chi connectivity index (χ1) is 13.2. The molecule has 152 valence electrons. The van der Waals surface area contributed by atoms with Crippen molar-refractivity contribution in [2.45, 2.75) is 45.9 Å². The summed E-state index contributed by atoms with van der Waals surface area (Å²) in [4.78, 5) is 34.5. The highest BCUT2D eigenvalue weighted by Crippen LogP contribution is 2.33. The number of carbonyl (C=O) groups excluding carboxylic acids is 2. The molecule has 1 aliphatic rings. The Morgan fingerprint density at radius 1 is 1.32 bits per heavy atom. The largest absolute Gasteiger partial charge is 0.465 e. The van der Waals surface area contributed by atoms with E-state index < -0.39 is 11.7 Å². The maximum absolute atomic E-state index is 11.9. The minimum Gasteiger partial charge on any atom is -0.465 e. The van der Waals surface area contributed by atoms with Crippen molar-refractivity contribution in [2.75, 3.05) is 24.6 Å². The molecular weight excluding hydrogens is 430 g/mol. The Labute approximate surface area is 171 Å². The number of alkyl carbamates (subject to hydrolysis) is 1. The number of nitrogens with one attached hydrogen (secondary N) is 1. The van der Waals surface area contributed by atoms with E-state index in [4.69, 9.17) is 9.47 Å². The van der Waals surface area contributed by atoms with Crippen LogP contribution in [0.25, 0.3) is 11.0 Å². The summed E-state index contributed by atoms with van der Waals surface area (Å²) in [6.45, 7) is 8.89. The van der Waals surface area contributed by atoms with E-state index in [0.29, 0.717) is 25.3 Å². The molecule has 1 aliphatic heterocycles. The first kappa shape index (κ1) is 20.4. The van der Waals surface area contributed by atoms with E-state index in [1.54, 1.807) is 17.7 Å². The molecule has 1 saturated heterocycles. The number of nitrogens with zero attached hydrogens (tertiary/aromatic N) is 4. The maximum atomic E-state index is 11.9. The van der Waals surface area contributed by atoms with Crippen LogP contribution in [0.15, 0.2) is 17.0 Å². The van der Waals surface area contributed by atoms with Gasteiger partial charge in [0.25, 0.3) is 0 Å². The van der Waals surface area contributed by atoms with Crippen molar-refractivity contribution in [1.29, 1.82) is 0 Å². The van der Waals surface area contributed by atoms with Gasteiger partial charge in [-0.15, -0.1) is 0 Å². The van der Waals surface area contributed by atoms with E-state index in [0.717, 1.165) is 15.7 Å². The number of anilines is 1. The lowest BCUT2D eigenvalue weighted by molar-refractivity contribution is -0.143. The predicted molar refractivity (Wildman–Crippen MR) is 107 cm³/mol. The van der Waals surface area contributed by atoms with Gasteiger partial charge < -0.3 is 24.3 Å². The number of halogens is 1. The molecule has 0 aromatic carbocycles. The van der Waals surface area contributed by atoms with Gasteiger partial charge >= 0.3 is 12.1 Å². The molecule has 1 amide bonds. The average Bonchev–Trinajstić information content (AvgIpc) is 2.85. The minimum absolute atomic E-state index is 0.0136. The summed E-state index contributed by atoms with van der Waals surface area (Å²) in [7, 11) is 0. The van der Waals surface area contributed by atoms with Gasteiger partial charge in [0, 0.05) is 23.8 Å². The molecule has 2 aromatic heterocycles. The molecule has 3 rings (SSSR count). The third-order valence-electron chi connectivity index (χ3n) is 4.09. The van der Waals surface area contributed by atoms with Gasteiger partial charge in [-0.05, 0) is 43.6 Å². The molecule has 1 fully saturated rings. The van der Waals surface area contributed by atoms with Gasteiger partial charge in [-0.2, -0.15) is 0 Å². The number of fused-ring (bicyclic) bond motifs is 1. The lowest BCUT2D eigenvalue weighted by atomic mass is 10.1. The van der Waals surface area contributed by atoms with E-state index >= 15 is 0 Å². The van der Waals surface area contributed by atoms with Crippen molar-refractivity contribution in [3.8, 4) is 0 Å². The number of amides is 1. The van der Waals surface area contributed by atoms with Crippen LogP contribution in [0.3, 0.4) is 0 Å². The second-order valence-electron chi connectivity index (χ2n) is 7.55. The molecule has 0 atom stereocenters. The quantitative estimate of drug-likeness (QED) is 0.694. The first-order valence-electron chi connectivity index (χ1n) is 9.07. The van der Waals surface area contributed by atoms with Crippen LogP contribution >= 0.6 is 15.9 Å². The molecule has 0 aliphatic carbocycles. The third kappa shape index (κ3) is 4.54. The standard InChI is InChI=1S/C18H24BrN5O4/c1-5-27-13(25)9-24-8-12(19)14-15(20-10-21-16(14)24)23-6-11(7-23)22-17(26)28-18(2,3)4/h8,10-11H,5-7,9H2,1-4H3,(H,22,26). The SMILES string of the molecule is CCOC(=O)Cn1cc(Br)c2c(N3CC(NC(=O)OC(C)(C)C)C3)ncnc21. The number of hydrogen-bond donors (Lipinski definition) is 1. The molecule has 10 heteroatoms. The van der Waals surface area contributed by atoms with Crippen molar-refractivity contribution in [1.82, 2.24) is 19.9 Å². The molecule has 2 aromatic rings. The summed E-state index contributed by atoms with van der Waals surface area (Å²) in [5.41, 5.74) is 0.118. The van der Waals surface area contributed by atoms with Crippen molar-refractivity contribution in [3.63, 3.8) is 0 Å². The van der Waals surface area contributed by atoms with E-state index in [-0.39, 0.29) is 18.6 Å². The van der Waals surface area contributed by atoms with Gasteiger partial charge in [-0.25, -0.2) is 14.8 Å². The summed E-state index contributed by atoms with van der Waals surface area (Å²) in [6, 6.07) is -0.0136. The zero-order valence-electron chi connectivity index (χ0n) is 16.4. The summed E-state index contributed by atoms with van der Waals surface area (Å²) in [5, 5.41) is 3.68. The monoisotopic (exact) mass is 453 g/mol. The van der Waals surface area contributed by atoms with Crippen molar-refractivity contribution in [2.24, 2.45) is 0 Å². The molecular formula is C18H24BrN5O4. The maximum Gasteiger partial charge on any atom is 0.407 e. The van der Waals surface area contributed by atoms with Crippen LogP contribution in [0.1, 0.15) is 27.7 Å². The molecule has 0 saturated carbocycles. The number of ether oxygens (including phenoxy) is 2. The molecule has 0 unspecified atom stereocenters. The average molecular weight is 454 g/mol. The summed E-state index contributed by atoms with van der Waals surface area (Å²) >= 11 is 3.54. The van der Waals surface area contributed by atoms with Gasteiger partial charge in [-0.3, -0.25) is 4.79 Å². The van der Waals surface area contributed by atoms with E-state index in [2.05, 4.69) is 31.2 Å². The fourth-order valence-electron chi connectivity index (χ4n) is 2.98. The Kier molecular flexibility index (Phi) is 5.78. The number of hydrogen-bond acceptors (Lipinski definition) is 7. The first-order valence-corrected chi connectivity index (χ1v) is 9.86. The Bertz CT molecular complexity index is 886. The predicted octanol–water partition coefficient (Wildman–Crippen LogP) is 2.47. The fourth-order valence-corrected chi connectivity index (χ4v) is 3.59. The van der Waals surface area contributed by atoms with Crippen LogP contribution in [-0.4, -0.2) is 57.9 Å². The van der Waals surface area contributed by atoms with Crippen LogP contribution in [-0.2, 0) is 20.8 Å². The molecule has 9 nitrogen and oxygen atoms in total. The Morgan fingerprint density at radius 3 is 2.68 bits per heavy atom. The molecule has 0 bridgehead atoms. The molecule has 3 heterocycles. The van der Waals surface area contributed by atoms with Crippen LogP contribution < -0.4 is 10.2 Å². The second kappa shape index (κ2) is 7.94. The van der Waals surface area contributed by atoms with Crippen molar-refractivity contribution >= 4 is 44.8 Å². The van der Waals surface area contributed by atoms with Gasteiger partial charge in [0.15, 0.2) is 0 Å². The van der Waals surface area contributed by atoms with E-state index in [1.807, 2.05) is 25.7 Å². The molecule has 28 heavy (non-hydrogen) atoms. The summed E-state index contributed by atoms with van der Waals surface area (Å²) in [6.07, 6.45) is 2.85. The Hall–Kier alpha value is -2.36. The van der Waals surface area contributed by atoms with Gasteiger partial charge in [0.2, 0.25) is 0 Å². The Balaban J connectivity index is 1.71. The number of aromatic nitrogens is 3. The third-order valence-corrected chi connectivity index (χ3v) is 4.70. The summed E-state index contributed by atoms with van der Waals surface area (Å²) in [5.74, 6) is 0.430. The van der Waals surface area contributed by atoms with Crippen LogP contribution in [0.2, 0.25) is 0 Å². The fraction of sp³-hybridized carbons (Fsp3) is 0.556. The minimum atomic E-state index is -0.529.